The Morgan fingerprint density at radius 2 is 1.93 bits per heavy atom. The third kappa shape index (κ3) is 2.93. The summed E-state index contributed by atoms with van der Waals surface area (Å²) in [5.74, 6) is -1.71. The molecule has 146 valence electrons. The molecule has 1 aliphatic rings. The molecule has 0 aliphatic carbocycles. The first-order valence-corrected chi connectivity index (χ1v) is 8.93. The second-order valence-electron chi connectivity index (χ2n) is 6.92. The molecule has 0 unspecified atom stereocenters. The Balaban J connectivity index is 1.93. The highest BCUT2D eigenvalue weighted by Crippen LogP contribution is 2.27. The van der Waals surface area contributed by atoms with Gasteiger partial charge in [0.25, 0.3) is 0 Å². The van der Waals surface area contributed by atoms with Crippen LogP contribution in [-0.4, -0.2) is 65.9 Å². The van der Waals surface area contributed by atoms with Crippen molar-refractivity contribution in [3.8, 4) is 0 Å². The van der Waals surface area contributed by atoms with E-state index in [2.05, 4.69) is 15.3 Å². The minimum absolute atomic E-state index is 0.119. The number of aromatic carboxylic acids is 1. The van der Waals surface area contributed by atoms with Crippen LogP contribution in [0.5, 0.6) is 0 Å². The van der Waals surface area contributed by atoms with Crippen LogP contribution in [0.4, 0.5) is 10.1 Å². The molecule has 1 fully saturated rings. The van der Waals surface area contributed by atoms with Crippen LogP contribution in [0.3, 0.4) is 0 Å². The van der Waals surface area contributed by atoms with Gasteiger partial charge in [0.2, 0.25) is 5.43 Å². The molecule has 0 atom stereocenters. The van der Waals surface area contributed by atoms with Gasteiger partial charge in [-0.3, -0.25) is 4.79 Å². The van der Waals surface area contributed by atoms with Gasteiger partial charge >= 0.3 is 5.97 Å². The summed E-state index contributed by atoms with van der Waals surface area (Å²) in [5.41, 5.74) is 3.10. The maximum atomic E-state index is 14.8. The molecule has 8 nitrogen and oxygen atoms in total. The zero-order chi connectivity index (χ0) is 20.0. The predicted molar refractivity (Wildman–Crippen MR) is 105 cm³/mol. The monoisotopic (exact) mass is 385 g/mol. The van der Waals surface area contributed by atoms with Crippen LogP contribution in [0.15, 0.2) is 29.2 Å². The topological polar surface area (TPSA) is 90.7 Å². The second kappa shape index (κ2) is 6.75. The highest BCUT2D eigenvalue weighted by Gasteiger charge is 2.20. The minimum atomic E-state index is -1.33. The third-order valence-electron chi connectivity index (χ3n) is 5.15. The molecule has 0 amide bonds. The molecule has 0 spiro atoms. The van der Waals surface area contributed by atoms with E-state index in [4.69, 9.17) is 0 Å². The van der Waals surface area contributed by atoms with Crippen LogP contribution in [0.2, 0.25) is 0 Å². The Kier molecular flexibility index (Phi) is 4.38. The molecule has 9 heteroatoms. The van der Waals surface area contributed by atoms with Crippen molar-refractivity contribution in [1.82, 2.24) is 14.6 Å². The molecule has 3 aromatic rings. The Bertz CT molecular complexity index is 1150. The fraction of sp³-hybridized carbons (Fsp3) is 0.316. The molecule has 0 saturated carbocycles. The third-order valence-corrected chi connectivity index (χ3v) is 5.15. The predicted octanol–water partition coefficient (Wildman–Crippen LogP) is 1.31. The van der Waals surface area contributed by atoms with Crippen molar-refractivity contribution in [3.63, 3.8) is 0 Å². The summed E-state index contributed by atoms with van der Waals surface area (Å²) in [6.45, 7) is 3.13. The lowest BCUT2D eigenvalue weighted by atomic mass is 10.1. The van der Waals surface area contributed by atoms with Crippen molar-refractivity contribution in [3.05, 3.63) is 46.0 Å². The van der Waals surface area contributed by atoms with Crippen LogP contribution < -0.4 is 15.8 Å². The van der Waals surface area contributed by atoms with E-state index >= 15 is 0 Å². The molecule has 1 aromatic carbocycles. The summed E-state index contributed by atoms with van der Waals surface area (Å²) in [6, 6.07) is 4.54. The number of piperazine rings is 1. The van der Waals surface area contributed by atoms with Crippen molar-refractivity contribution in [2.75, 3.05) is 50.6 Å². The SMILES string of the molecule is CNn1cc(C(=O)O)c(=O)c2cc3cc(F)c(N4CCN(C)CC4)cc3nc21. The maximum absolute atomic E-state index is 14.8. The van der Waals surface area contributed by atoms with E-state index in [1.54, 1.807) is 13.1 Å². The zero-order valence-electron chi connectivity index (χ0n) is 15.6. The second-order valence-corrected chi connectivity index (χ2v) is 6.92. The molecule has 0 bridgehead atoms. The lowest BCUT2D eigenvalue weighted by Gasteiger charge is -2.34. The number of carboxylic acid groups (broad SMARTS) is 1. The molecule has 3 heterocycles. The molecule has 1 saturated heterocycles. The average Bonchev–Trinajstić information content (AvgIpc) is 2.67. The molecule has 0 radical (unpaired) electrons. The van der Waals surface area contributed by atoms with Gasteiger partial charge in [0.05, 0.1) is 16.6 Å². The number of anilines is 1. The van der Waals surface area contributed by atoms with Gasteiger partial charge in [-0.1, -0.05) is 0 Å². The first-order chi connectivity index (χ1) is 13.4. The van der Waals surface area contributed by atoms with E-state index in [0.29, 0.717) is 22.2 Å². The van der Waals surface area contributed by atoms with Gasteiger partial charge in [0, 0.05) is 44.8 Å². The number of carboxylic acids is 1. The average molecular weight is 385 g/mol. The molecule has 2 aromatic heterocycles. The maximum Gasteiger partial charge on any atom is 0.341 e. The summed E-state index contributed by atoms with van der Waals surface area (Å²) in [4.78, 5) is 32.6. The number of rotatable bonds is 3. The summed E-state index contributed by atoms with van der Waals surface area (Å²) >= 11 is 0. The number of halogens is 1. The fourth-order valence-electron chi connectivity index (χ4n) is 3.53. The van der Waals surface area contributed by atoms with Crippen molar-refractivity contribution in [2.45, 2.75) is 0 Å². The number of nitrogens with zero attached hydrogens (tertiary/aromatic N) is 4. The Morgan fingerprint density at radius 3 is 2.57 bits per heavy atom. The summed E-state index contributed by atoms with van der Waals surface area (Å²) in [5, 5.41) is 9.84. The normalized spacial score (nSPS) is 15.3. The van der Waals surface area contributed by atoms with Gasteiger partial charge in [0.15, 0.2) is 5.65 Å². The van der Waals surface area contributed by atoms with Crippen molar-refractivity contribution in [2.24, 2.45) is 0 Å². The summed E-state index contributed by atoms with van der Waals surface area (Å²) < 4.78 is 16.2. The fourth-order valence-corrected chi connectivity index (χ4v) is 3.53. The molecule has 1 aliphatic heterocycles. The lowest BCUT2D eigenvalue weighted by molar-refractivity contribution is 0.0695. The van der Waals surface area contributed by atoms with E-state index < -0.39 is 11.4 Å². The standard InChI is InChI=1S/C19H20FN5O3/c1-21-25-10-13(19(27)28)17(26)12-7-11-8-14(20)16(9-15(11)22-18(12)25)24-5-3-23(2)4-6-24/h7-10,21H,3-6H2,1-2H3,(H,27,28). The largest absolute Gasteiger partial charge is 0.477 e. The van der Waals surface area contributed by atoms with Gasteiger partial charge in [-0.15, -0.1) is 0 Å². The van der Waals surface area contributed by atoms with Crippen LogP contribution in [0.25, 0.3) is 21.9 Å². The number of pyridine rings is 2. The van der Waals surface area contributed by atoms with Crippen molar-refractivity contribution in [1.29, 1.82) is 0 Å². The number of hydrogen-bond acceptors (Lipinski definition) is 6. The molecular weight excluding hydrogens is 365 g/mol. The highest BCUT2D eigenvalue weighted by atomic mass is 19.1. The smallest absolute Gasteiger partial charge is 0.341 e. The number of likely N-dealkylation sites (N-methyl/N-ethyl adjacent to an activating group) is 1. The van der Waals surface area contributed by atoms with Crippen LogP contribution in [0.1, 0.15) is 10.4 Å². The van der Waals surface area contributed by atoms with E-state index in [1.807, 2.05) is 11.9 Å². The van der Waals surface area contributed by atoms with Gasteiger partial charge in [0.1, 0.15) is 11.4 Å². The van der Waals surface area contributed by atoms with E-state index in [1.165, 1.54) is 23.0 Å². The zero-order valence-corrected chi connectivity index (χ0v) is 15.6. The number of aromatic nitrogens is 2. The van der Waals surface area contributed by atoms with E-state index in [0.717, 1.165) is 26.2 Å². The molecular formula is C19H20FN5O3. The number of carbonyl (C=O) groups is 1. The van der Waals surface area contributed by atoms with Crippen LogP contribution in [0, 0.1) is 5.82 Å². The number of hydrogen-bond donors (Lipinski definition) is 2. The number of benzene rings is 1. The van der Waals surface area contributed by atoms with E-state index in [-0.39, 0.29) is 16.8 Å². The van der Waals surface area contributed by atoms with Gasteiger partial charge in [-0.25, -0.2) is 18.8 Å². The minimum Gasteiger partial charge on any atom is -0.477 e. The molecule has 4 rings (SSSR count). The van der Waals surface area contributed by atoms with Crippen molar-refractivity contribution >= 4 is 33.6 Å². The molecule has 2 N–H and O–H groups in total. The number of nitrogens with one attached hydrogen (secondary N) is 1. The van der Waals surface area contributed by atoms with Crippen LogP contribution in [-0.2, 0) is 0 Å². The lowest BCUT2D eigenvalue weighted by Crippen LogP contribution is -2.44. The van der Waals surface area contributed by atoms with Crippen molar-refractivity contribution < 1.29 is 14.3 Å². The quantitative estimate of drug-likeness (QED) is 0.657. The Morgan fingerprint density at radius 1 is 1.21 bits per heavy atom. The summed E-state index contributed by atoms with van der Waals surface area (Å²) in [7, 11) is 3.63. The first kappa shape index (κ1) is 18.2. The van der Waals surface area contributed by atoms with Gasteiger partial charge in [-0.2, -0.15) is 0 Å². The van der Waals surface area contributed by atoms with Gasteiger partial charge in [-0.05, 0) is 25.2 Å². The van der Waals surface area contributed by atoms with E-state index in [9.17, 15) is 19.1 Å². The summed E-state index contributed by atoms with van der Waals surface area (Å²) in [6.07, 6.45) is 1.21. The van der Waals surface area contributed by atoms with Crippen LogP contribution >= 0.6 is 0 Å². The first-order valence-electron chi connectivity index (χ1n) is 8.93. The molecule has 28 heavy (non-hydrogen) atoms. The number of fused-ring (bicyclic) bond motifs is 2. The van der Waals surface area contributed by atoms with Gasteiger partial charge < -0.3 is 20.3 Å². The highest BCUT2D eigenvalue weighted by molar-refractivity contribution is 5.97. The Labute approximate surface area is 159 Å². The Hall–Kier alpha value is -3.20.